The van der Waals surface area contributed by atoms with Crippen LogP contribution in [0.1, 0.15) is 5.56 Å². The van der Waals surface area contributed by atoms with Gasteiger partial charge in [-0.05, 0) is 23.8 Å². The summed E-state index contributed by atoms with van der Waals surface area (Å²) in [5, 5.41) is 3.90. The molecule has 0 radical (unpaired) electrons. The predicted molar refractivity (Wildman–Crippen MR) is 86.7 cm³/mol. The second kappa shape index (κ2) is 8.33. The maximum atomic E-state index is 11.3. The summed E-state index contributed by atoms with van der Waals surface area (Å²) in [4.78, 5) is 19.3. The molecule has 0 unspecified atom stereocenters. The molecule has 112 valence electrons. The Kier molecular flexibility index (Phi) is 6.44. The van der Waals surface area contributed by atoms with Crippen LogP contribution in [0, 0.1) is 0 Å². The third kappa shape index (κ3) is 5.28. The Bertz CT molecular complexity index is 648. The van der Waals surface area contributed by atoms with Gasteiger partial charge in [-0.1, -0.05) is 27.7 Å². The van der Waals surface area contributed by atoms with Gasteiger partial charge in [-0.15, -0.1) is 0 Å². The quantitative estimate of drug-likeness (QED) is 0.579. The molecule has 2 aromatic rings. The van der Waals surface area contributed by atoms with Crippen LogP contribution in [0.4, 0.5) is 0 Å². The molecule has 0 aliphatic carbocycles. The molecule has 0 aliphatic rings. The highest BCUT2D eigenvalue weighted by Crippen LogP contribution is 2.29. The number of H-pyrrole nitrogens is 1. The fourth-order valence-corrected chi connectivity index (χ4v) is 2.97. The van der Waals surface area contributed by atoms with Crippen LogP contribution < -0.4 is 10.9 Å². The number of benzene rings is 1. The van der Waals surface area contributed by atoms with E-state index in [2.05, 4.69) is 37.3 Å². The Morgan fingerprint density at radius 3 is 3.05 bits per heavy atom. The van der Waals surface area contributed by atoms with E-state index in [-0.39, 0.29) is 5.56 Å². The number of ether oxygens (including phenoxy) is 1. The Hall–Kier alpha value is -1.15. The maximum absolute atomic E-state index is 11.3. The van der Waals surface area contributed by atoms with Crippen molar-refractivity contribution in [1.82, 2.24) is 15.3 Å². The first kappa shape index (κ1) is 16.2. The molecule has 0 saturated heterocycles. The van der Waals surface area contributed by atoms with Crippen molar-refractivity contribution in [1.29, 1.82) is 0 Å². The zero-order chi connectivity index (χ0) is 15.1. The van der Waals surface area contributed by atoms with Crippen LogP contribution in [0.5, 0.6) is 0 Å². The second-order valence-corrected chi connectivity index (χ2v) is 6.21. The summed E-state index contributed by atoms with van der Waals surface area (Å²) in [6, 6.07) is 7.44. The van der Waals surface area contributed by atoms with E-state index in [0.29, 0.717) is 11.8 Å². The summed E-state index contributed by atoms with van der Waals surface area (Å²) in [6.45, 7) is 2.18. The second-order valence-electron chi connectivity index (χ2n) is 4.26. The highest BCUT2D eigenvalue weighted by molar-refractivity contribution is 9.10. The number of methoxy groups -OCH3 is 1. The van der Waals surface area contributed by atoms with Crippen LogP contribution in [0.25, 0.3) is 0 Å². The molecule has 0 bridgehead atoms. The van der Waals surface area contributed by atoms with Gasteiger partial charge in [0.05, 0.1) is 6.61 Å². The minimum absolute atomic E-state index is 0.149. The summed E-state index contributed by atoms with van der Waals surface area (Å²) in [7, 11) is 1.68. The van der Waals surface area contributed by atoms with Crippen molar-refractivity contribution >= 4 is 27.7 Å². The van der Waals surface area contributed by atoms with Crippen molar-refractivity contribution in [2.75, 3.05) is 20.3 Å². The lowest BCUT2D eigenvalue weighted by Crippen LogP contribution is -2.19. The molecule has 1 aromatic carbocycles. The smallest absolute Gasteiger partial charge is 0.251 e. The van der Waals surface area contributed by atoms with Gasteiger partial charge >= 0.3 is 0 Å². The summed E-state index contributed by atoms with van der Waals surface area (Å²) in [5.74, 6) is 0. The Labute approximate surface area is 135 Å². The van der Waals surface area contributed by atoms with Crippen LogP contribution in [0.2, 0.25) is 0 Å². The van der Waals surface area contributed by atoms with Gasteiger partial charge in [-0.2, -0.15) is 0 Å². The minimum Gasteiger partial charge on any atom is -0.383 e. The van der Waals surface area contributed by atoms with E-state index in [1.165, 1.54) is 24.0 Å². The van der Waals surface area contributed by atoms with Crippen LogP contribution >= 0.6 is 27.7 Å². The standard InChI is InChI=1S/C14H16BrN3O2S/c1-20-7-6-16-9-10-8-11(15)2-3-12(10)21-14-17-5-4-13(19)18-14/h2-5,8,16H,6-7,9H2,1H3,(H,17,18,19). The van der Waals surface area contributed by atoms with E-state index in [9.17, 15) is 4.79 Å². The molecule has 21 heavy (non-hydrogen) atoms. The first-order chi connectivity index (χ1) is 10.2. The van der Waals surface area contributed by atoms with Gasteiger partial charge in [-0.3, -0.25) is 4.79 Å². The number of hydrogen-bond donors (Lipinski definition) is 2. The van der Waals surface area contributed by atoms with E-state index >= 15 is 0 Å². The highest BCUT2D eigenvalue weighted by atomic mass is 79.9. The number of rotatable bonds is 7. The van der Waals surface area contributed by atoms with Gasteiger partial charge in [0.1, 0.15) is 0 Å². The molecule has 0 saturated carbocycles. The summed E-state index contributed by atoms with van der Waals surface area (Å²) in [6.07, 6.45) is 1.51. The summed E-state index contributed by atoms with van der Waals surface area (Å²) < 4.78 is 6.03. The first-order valence-corrected chi connectivity index (χ1v) is 8.01. The van der Waals surface area contributed by atoms with Gasteiger partial charge in [0.2, 0.25) is 0 Å². The number of aromatic nitrogens is 2. The monoisotopic (exact) mass is 369 g/mol. The third-order valence-corrected chi connectivity index (χ3v) is 4.19. The van der Waals surface area contributed by atoms with E-state index in [4.69, 9.17) is 4.74 Å². The third-order valence-electron chi connectivity index (χ3n) is 2.68. The molecule has 0 atom stereocenters. The molecule has 0 fully saturated rings. The molecule has 1 heterocycles. The van der Waals surface area contributed by atoms with Gasteiger partial charge < -0.3 is 15.0 Å². The van der Waals surface area contributed by atoms with Crippen LogP contribution in [0.15, 0.2) is 49.8 Å². The normalized spacial score (nSPS) is 10.8. The van der Waals surface area contributed by atoms with E-state index < -0.39 is 0 Å². The van der Waals surface area contributed by atoms with Crippen LogP contribution in [0.3, 0.4) is 0 Å². The van der Waals surface area contributed by atoms with E-state index in [1.54, 1.807) is 7.11 Å². The SMILES string of the molecule is COCCNCc1cc(Br)ccc1Sc1nccc(=O)[nH]1. The lowest BCUT2D eigenvalue weighted by Gasteiger charge is -2.10. The van der Waals surface area contributed by atoms with Gasteiger partial charge in [0.25, 0.3) is 5.56 Å². The molecule has 0 spiro atoms. The molecule has 5 nitrogen and oxygen atoms in total. The molecule has 2 rings (SSSR count). The lowest BCUT2D eigenvalue weighted by atomic mass is 10.2. The molecule has 2 N–H and O–H groups in total. The molecule has 7 heteroatoms. The molecular weight excluding hydrogens is 354 g/mol. The number of nitrogens with one attached hydrogen (secondary N) is 2. The fraction of sp³-hybridized carbons (Fsp3) is 0.286. The fourth-order valence-electron chi connectivity index (χ4n) is 1.69. The van der Waals surface area contributed by atoms with Gasteiger partial charge in [0.15, 0.2) is 5.16 Å². The average molecular weight is 370 g/mol. The molecule has 0 amide bonds. The summed E-state index contributed by atoms with van der Waals surface area (Å²) in [5.41, 5.74) is 0.987. The maximum Gasteiger partial charge on any atom is 0.251 e. The zero-order valence-electron chi connectivity index (χ0n) is 11.6. The first-order valence-electron chi connectivity index (χ1n) is 6.40. The Morgan fingerprint density at radius 1 is 1.43 bits per heavy atom. The largest absolute Gasteiger partial charge is 0.383 e. The number of hydrogen-bond acceptors (Lipinski definition) is 5. The van der Waals surface area contributed by atoms with Crippen molar-refractivity contribution in [3.05, 3.63) is 50.9 Å². The number of nitrogens with zero attached hydrogens (tertiary/aromatic N) is 1. The van der Waals surface area contributed by atoms with Crippen molar-refractivity contribution in [3.63, 3.8) is 0 Å². The van der Waals surface area contributed by atoms with Crippen LogP contribution in [-0.2, 0) is 11.3 Å². The Morgan fingerprint density at radius 2 is 2.29 bits per heavy atom. The van der Waals surface area contributed by atoms with Crippen molar-refractivity contribution in [2.24, 2.45) is 0 Å². The molecular formula is C14H16BrN3O2S. The van der Waals surface area contributed by atoms with Crippen molar-refractivity contribution in [2.45, 2.75) is 16.6 Å². The summed E-state index contributed by atoms with van der Waals surface area (Å²) >= 11 is 4.92. The van der Waals surface area contributed by atoms with Crippen LogP contribution in [-0.4, -0.2) is 30.2 Å². The molecule has 1 aromatic heterocycles. The zero-order valence-corrected chi connectivity index (χ0v) is 14.0. The van der Waals surface area contributed by atoms with Gasteiger partial charge in [0, 0.05) is 41.8 Å². The van der Waals surface area contributed by atoms with E-state index in [1.807, 2.05) is 12.1 Å². The molecule has 0 aliphatic heterocycles. The highest BCUT2D eigenvalue weighted by Gasteiger charge is 2.07. The topological polar surface area (TPSA) is 67.0 Å². The lowest BCUT2D eigenvalue weighted by molar-refractivity contribution is 0.199. The Balaban J connectivity index is 2.12. The van der Waals surface area contributed by atoms with Crippen molar-refractivity contribution in [3.8, 4) is 0 Å². The van der Waals surface area contributed by atoms with Gasteiger partial charge in [-0.25, -0.2) is 4.98 Å². The minimum atomic E-state index is -0.149. The predicted octanol–water partition coefficient (Wildman–Crippen LogP) is 2.42. The average Bonchev–Trinajstić information content (AvgIpc) is 2.46. The number of aromatic amines is 1. The number of halogens is 1. The van der Waals surface area contributed by atoms with Crippen molar-refractivity contribution < 1.29 is 4.74 Å². The van der Waals surface area contributed by atoms with E-state index in [0.717, 1.165) is 28.0 Å².